The lowest BCUT2D eigenvalue weighted by Crippen LogP contribution is -2.30. The molecule has 1 aliphatic rings. The van der Waals surface area contributed by atoms with Crippen LogP contribution in [-0.2, 0) is 61.2 Å². The Bertz CT molecular complexity index is 1900. The van der Waals surface area contributed by atoms with Gasteiger partial charge in [0, 0.05) is 7.11 Å². The summed E-state index contributed by atoms with van der Waals surface area (Å²) in [6, 6.07) is 26.0. The molecule has 0 heterocycles. The van der Waals surface area contributed by atoms with E-state index in [0.29, 0.717) is 84.0 Å². The van der Waals surface area contributed by atoms with Gasteiger partial charge in [-0.3, -0.25) is 0 Å². The largest absolute Gasteiger partial charge is 0.490 e. The number of aryl methyl sites for hydroxylation is 3. The molecule has 0 aromatic heterocycles. The highest BCUT2D eigenvalue weighted by Crippen LogP contribution is 2.57. The van der Waals surface area contributed by atoms with Gasteiger partial charge in [-0.25, -0.2) is 4.79 Å². The average Bonchev–Trinajstić information content (AvgIpc) is 3.51. The number of ether oxygens (including phenoxy) is 8. The van der Waals surface area contributed by atoms with Crippen LogP contribution in [0.1, 0.15) is 68.7 Å². The molecule has 0 amide bonds. The molecule has 318 valence electrons. The van der Waals surface area contributed by atoms with Crippen molar-refractivity contribution in [2.45, 2.75) is 46.1 Å². The highest BCUT2D eigenvalue weighted by atomic mass is 16.6. The molecular weight excluding hydrogens is 757 g/mol. The third kappa shape index (κ3) is 12.4. The van der Waals surface area contributed by atoms with Crippen LogP contribution < -0.4 is 4.74 Å². The summed E-state index contributed by atoms with van der Waals surface area (Å²) >= 11 is 0. The Morgan fingerprint density at radius 3 is 1.71 bits per heavy atom. The molecule has 1 N–H and O–H groups in total. The zero-order chi connectivity index (χ0) is 42.5. The van der Waals surface area contributed by atoms with E-state index in [2.05, 4.69) is 81.4 Å². The third-order valence-electron chi connectivity index (χ3n) is 9.90. The molecule has 59 heavy (non-hydrogen) atoms. The lowest BCUT2D eigenvalue weighted by atomic mass is 9.66. The minimum atomic E-state index is -0.746. The van der Waals surface area contributed by atoms with E-state index in [4.69, 9.17) is 52.6 Å². The molecule has 0 fully saturated rings. The van der Waals surface area contributed by atoms with Crippen molar-refractivity contribution >= 4 is 12.1 Å². The maximum absolute atomic E-state index is 13.7. The fraction of sp³-hybridized carbons (Fsp3) is 0.447. The number of hydrogen-bond donors (Lipinski definition) is 1. The zero-order valence-electron chi connectivity index (χ0n) is 35.0. The molecule has 5 rings (SSSR count). The summed E-state index contributed by atoms with van der Waals surface area (Å²) in [5, 5.41) is 8.86. The molecule has 0 spiro atoms. The summed E-state index contributed by atoms with van der Waals surface area (Å²) in [7, 11) is 1.64. The molecule has 12 nitrogen and oxygen atoms in total. The third-order valence-corrected chi connectivity index (χ3v) is 9.90. The minimum Gasteiger partial charge on any atom is -0.490 e. The van der Waals surface area contributed by atoms with Crippen LogP contribution in [0.2, 0.25) is 0 Å². The van der Waals surface area contributed by atoms with Crippen LogP contribution in [0, 0.1) is 13.8 Å². The first-order valence-electron chi connectivity index (χ1n) is 20.1. The van der Waals surface area contributed by atoms with Gasteiger partial charge >= 0.3 is 12.1 Å². The average molecular weight is 815 g/mol. The highest BCUT2D eigenvalue weighted by Gasteiger charge is 2.47. The number of carbonyl (C=O) groups is 1. The Kier molecular flexibility index (Phi) is 19.9. The summed E-state index contributed by atoms with van der Waals surface area (Å²) in [5.41, 5.74) is 10.9. The monoisotopic (exact) mass is 814 g/mol. The van der Waals surface area contributed by atoms with Gasteiger partial charge in [0.05, 0.1) is 91.3 Å². The molecule has 0 unspecified atom stereocenters. The summed E-state index contributed by atoms with van der Waals surface area (Å²) < 4.78 is 45.0. The number of carbonyl (C=O) groups excluding carboxylic acids is 3. The van der Waals surface area contributed by atoms with Crippen LogP contribution in [0.5, 0.6) is 5.75 Å². The van der Waals surface area contributed by atoms with Crippen molar-refractivity contribution in [1.82, 2.24) is 0 Å². The van der Waals surface area contributed by atoms with E-state index in [1.54, 1.807) is 7.11 Å². The Hall–Kier alpha value is -4.75. The van der Waals surface area contributed by atoms with Gasteiger partial charge in [-0.05, 0) is 83.8 Å². The molecule has 0 saturated carbocycles. The van der Waals surface area contributed by atoms with Crippen molar-refractivity contribution in [1.29, 1.82) is 0 Å². The van der Waals surface area contributed by atoms with Crippen molar-refractivity contribution in [3.63, 3.8) is 0 Å². The number of methoxy groups -OCH3 is 1. The van der Waals surface area contributed by atoms with Crippen LogP contribution in [0.25, 0.3) is 11.1 Å². The summed E-state index contributed by atoms with van der Waals surface area (Å²) in [5.74, 6) is -0.0000645. The molecule has 0 aliphatic heterocycles. The van der Waals surface area contributed by atoms with Crippen LogP contribution >= 0.6 is 0 Å². The van der Waals surface area contributed by atoms with Gasteiger partial charge in [-0.1, -0.05) is 78.7 Å². The van der Waals surface area contributed by atoms with Gasteiger partial charge in [0.15, 0.2) is 0 Å². The normalized spacial score (nSPS) is 12.2. The first-order chi connectivity index (χ1) is 28.8. The molecule has 0 radical (unpaired) electrons. The second-order valence-corrected chi connectivity index (χ2v) is 13.8. The number of rotatable bonds is 25. The molecule has 12 heteroatoms. The van der Waals surface area contributed by atoms with Crippen molar-refractivity contribution in [2.75, 3.05) is 93.0 Å². The summed E-state index contributed by atoms with van der Waals surface area (Å²) in [6.07, 6.45) is 1.06. The smallest absolute Gasteiger partial charge is 0.373 e. The molecule has 0 atom stereocenters. The van der Waals surface area contributed by atoms with E-state index in [1.807, 2.05) is 19.1 Å². The molecule has 0 saturated heterocycles. The lowest BCUT2D eigenvalue weighted by Gasteiger charge is -2.35. The predicted octanol–water partition coefficient (Wildman–Crippen LogP) is 6.42. The van der Waals surface area contributed by atoms with Crippen molar-refractivity contribution in [3.05, 3.63) is 123 Å². The van der Waals surface area contributed by atoms with Gasteiger partial charge < -0.3 is 43.0 Å². The Balaban J connectivity index is 0.00000248. The molecule has 4 aromatic rings. The van der Waals surface area contributed by atoms with E-state index in [1.165, 1.54) is 16.7 Å². The van der Waals surface area contributed by atoms with Gasteiger partial charge in [-0.15, -0.1) is 0 Å². The molecule has 1 aliphatic carbocycles. The van der Waals surface area contributed by atoms with Gasteiger partial charge in [-0.2, -0.15) is 9.59 Å². The van der Waals surface area contributed by atoms with Crippen LogP contribution in [-0.4, -0.2) is 110 Å². The number of aliphatic hydroxyl groups excluding tert-OH is 1. The van der Waals surface area contributed by atoms with Crippen molar-refractivity contribution in [2.24, 2.45) is 0 Å². The number of esters is 1. The lowest BCUT2D eigenvalue weighted by molar-refractivity contribution is -0.191. The Morgan fingerprint density at radius 1 is 0.627 bits per heavy atom. The maximum atomic E-state index is 13.7. The quantitative estimate of drug-likeness (QED) is 0.0513. The molecule has 0 bridgehead atoms. The highest BCUT2D eigenvalue weighted by molar-refractivity contribution is 5.94. The Morgan fingerprint density at radius 2 is 1.15 bits per heavy atom. The summed E-state index contributed by atoms with van der Waals surface area (Å²) in [4.78, 5) is 30.0. The first kappa shape index (κ1) is 46.9. The van der Waals surface area contributed by atoms with Crippen LogP contribution in [0.15, 0.2) is 72.8 Å². The fourth-order valence-corrected chi connectivity index (χ4v) is 7.29. The van der Waals surface area contributed by atoms with Crippen LogP contribution in [0.4, 0.5) is 0 Å². The van der Waals surface area contributed by atoms with E-state index < -0.39 is 11.4 Å². The standard InChI is InChI=1S/C46H58O10.CO2/c1-6-35-30-37(11-10-36(35)32-54-25-24-52-21-20-50-17-16-47)46(42-28-33(3)8-13-39(42)40-14-9-34(4)29-43(40)46)38-12-15-44(41(31-38)45(48)55-7-2)56-27-26-53-23-22-51-19-18-49-5;2-1-3/h8-15,28-31,47H,6-7,16-27,32H2,1-5H3;. The van der Waals surface area contributed by atoms with Crippen LogP contribution in [0.3, 0.4) is 0 Å². The molecule has 4 aromatic carbocycles. The minimum absolute atomic E-state index is 0.00120. The van der Waals surface area contributed by atoms with Gasteiger partial charge in [0.25, 0.3) is 0 Å². The van der Waals surface area contributed by atoms with Gasteiger partial charge in [0.1, 0.15) is 17.9 Å². The number of hydrogen-bond acceptors (Lipinski definition) is 12. The zero-order valence-corrected chi connectivity index (χ0v) is 35.0. The van der Waals surface area contributed by atoms with Crippen molar-refractivity contribution in [3.8, 4) is 16.9 Å². The second-order valence-electron chi connectivity index (χ2n) is 13.8. The van der Waals surface area contributed by atoms with E-state index in [9.17, 15) is 4.79 Å². The number of fused-ring (bicyclic) bond motifs is 3. The van der Waals surface area contributed by atoms with E-state index in [-0.39, 0.29) is 26.0 Å². The number of aliphatic hydroxyl groups is 1. The fourth-order valence-electron chi connectivity index (χ4n) is 7.29. The second kappa shape index (κ2) is 25.0. The maximum Gasteiger partial charge on any atom is 0.373 e. The van der Waals surface area contributed by atoms with Gasteiger partial charge in [0.2, 0.25) is 0 Å². The number of benzene rings is 4. The summed E-state index contributed by atoms with van der Waals surface area (Å²) in [6.45, 7) is 13.6. The SMILES string of the molecule is CCOC(=O)c1cc(C2(c3ccc(COCCOCCOCCO)c(CC)c3)c3cc(C)ccc3-c3ccc(C)cc32)ccc1OCCOCCOCCOC.O=C=O. The predicted molar refractivity (Wildman–Crippen MR) is 221 cm³/mol. The van der Waals surface area contributed by atoms with E-state index >= 15 is 0 Å². The molecular formula is C47H58O12. The topological polar surface area (TPSA) is 145 Å². The van der Waals surface area contributed by atoms with Crippen molar-refractivity contribution < 1.29 is 57.4 Å². The Labute approximate surface area is 347 Å². The van der Waals surface area contributed by atoms with E-state index in [0.717, 1.165) is 45.4 Å². The first-order valence-corrected chi connectivity index (χ1v) is 20.1.